The molecule has 0 spiro atoms. The van der Waals surface area contributed by atoms with Crippen molar-refractivity contribution in [3.63, 3.8) is 0 Å². The predicted molar refractivity (Wildman–Crippen MR) is 53.6 cm³/mol. The summed E-state index contributed by atoms with van der Waals surface area (Å²) < 4.78 is 66.0. The van der Waals surface area contributed by atoms with Crippen LogP contribution in [0.1, 0.15) is 0 Å². The van der Waals surface area contributed by atoms with Crippen molar-refractivity contribution in [3.8, 4) is 11.5 Å². The van der Waals surface area contributed by atoms with Crippen molar-refractivity contribution in [1.82, 2.24) is 0 Å². The average Bonchev–Trinajstić information content (AvgIpc) is 2.19. The first kappa shape index (κ1) is 13.9. The van der Waals surface area contributed by atoms with Crippen molar-refractivity contribution in [1.29, 1.82) is 0 Å². The second-order valence-corrected chi connectivity index (χ2v) is 4.72. The quantitative estimate of drug-likeness (QED) is 0.634. The second kappa shape index (κ2) is 4.61. The zero-order chi connectivity index (χ0) is 13.3. The van der Waals surface area contributed by atoms with Gasteiger partial charge in [0.2, 0.25) is 0 Å². The van der Waals surface area contributed by atoms with Crippen molar-refractivity contribution in [2.75, 3.05) is 7.11 Å². The van der Waals surface area contributed by atoms with E-state index in [9.17, 15) is 21.6 Å². The van der Waals surface area contributed by atoms with Crippen LogP contribution in [-0.2, 0) is 10.1 Å². The lowest BCUT2D eigenvalue weighted by Crippen LogP contribution is -2.28. The van der Waals surface area contributed by atoms with Crippen LogP contribution in [-0.4, -0.2) is 21.0 Å². The van der Waals surface area contributed by atoms with E-state index >= 15 is 0 Å². The minimum Gasteiger partial charge on any atom is -0.495 e. The standard InChI is InChI=1S/C8H6ClF3O4S/c1-15-7-4-5(2-3-6(7)9)16-17(13,14)8(10,11)12/h2-4H,1H3. The zero-order valence-electron chi connectivity index (χ0n) is 8.29. The maximum Gasteiger partial charge on any atom is 0.534 e. The Morgan fingerprint density at radius 2 is 1.88 bits per heavy atom. The molecule has 0 bridgehead atoms. The summed E-state index contributed by atoms with van der Waals surface area (Å²) in [5.41, 5.74) is -5.49. The summed E-state index contributed by atoms with van der Waals surface area (Å²) in [6.45, 7) is 0. The molecular formula is C8H6ClF3O4S. The summed E-state index contributed by atoms with van der Waals surface area (Å²) in [5, 5.41) is 0.115. The number of halogens is 4. The third-order valence-electron chi connectivity index (χ3n) is 1.61. The summed E-state index contributed by atoms with van der Waals surface area (Å²) in [5.74, 6) is -0.537. The molecule has 0 fully saturated rings. The van der Waals surface area contributed by atoms with Crippen LogP contribution in [0.3, 0.4) is 0 Å². The third kappa shape index (κ3) is 3.16. The van der Waals surface area contributed by atoms with Gasteiger partial charge in [0.15, 0.2) is 0 Å². The topological polar surface area (TPSA) is 52.6 Å². The van der Waals surface area contributed by atoms with Crippen molar-refractivity contribution >= 4 is 21.7 Å². The average molecular weight is 291 g/mol. The van der Waals surface area contributed by atoms with Gasteiger partial charge in [-0.2, -0.15) is 21.6 Å². The van der Waals surface area contributed by atoms with Gasteiger partial charge in [-0.25, -0.2) is 0 Å². The largest absolute Gasteiger partial charge is 0.534 e. The fourth-order valence-corrected chi connectivity index (χ4v) is 1.51. The smallest absolute Gasteiger partial charge is 0.495 e. The Bertz CT molecular complexity index is 512. The lowest BCUT2D eigenvalue weighted by Gasteiger charge is -2.10. The van der Waals surface area contributed by atoms with Crippen LogP contribution in [0, 0.1) is 0 Å². The molecule has 0 N–H and O–H groups in total. The molecule has 1 aromatic carbocycles. The summed E-state index contributed by atoms with van der Waals surface area (Å²) in [7, 11) is -4.46. The number of ether oxygens (including phenoxy) is 1. The SMILES string of the molecule is COc1cc(OS(=O)(=O)C(F)(F)F)ccc1Cl. The molecule has 0 aliphatic heterocycles. The van der Waals surface area contributed by atoms with E-state index in [0.717, 1.165) is 18.2 Å². The Balaban J connectivity index is 3.05. The van der Waals surface area contributed by atoms with Gasteiger partial charge in [0.1, 0.15) is 11.5 Å². The fourth-order valence-electron chi connectivity index (χ4n) is 0.866. The summed E-state index contributed by atoms with van der Waals surface area (Å²) in [6, 6.07) is 3.07. The lowest BCUT2D eigenvalue weighted by molar-refractivity contribution is -0.0500. The van der Waals surface area contributed by atoms with E-state index < -0.39 is 21.4 Å². The third-order valence-corrected chi connectivity index (χ3v) is 2.90. The highest BCUT2D eigenvalue weighted by Gasteiger charge is 2.48. The Morgan fingerprint density at radius 1 is 1.29 bits per heavy atom. The van der Waals surface area contributed by atoms with E-state index in [4.69, 9.17) is 16.3 Å². The summed E-state index contributed by atoms with van der Waals surface area (Å²) in [4.78, 5) is 0. The van der Waals surface area contributed by atoms with Crippen LogP contribution in [0.25, 0.3) is 0 Å². The number of hydrogen-bond acceptors (Lipinski definition) is 4. The molecule has 0 atom stereocenters. The minimum absolute atomic E-state index is 0.00143. The molecule has 1 rings (SSSR count). The Labute approximate surface area is 100 Å². The molecule has 0 heterocycles. The van der Waals surface area contributed by atoms with Gasteiger partial charge >= 0.3 is 15.6 Å². The molecule has 0 unspecified atom stereocenters. The molecule has 1 aromatic rings. The van der Waals surface area contributed by atoms with Gasteiger partial charge in [-0.1, -0.05) is 11.6 Å². The number of hydrogen-bond donors (Lipinski definition) is 0. The predicted octanol–water partition coefficient (Wildman–Crippen LogP) is 2.58. The first-order valence-electron chi connectivity index (χ1n) is 4.01. The van der Waals surface area contributed by atoms with Gasteiger partial charge in [0.25, 0.3) is 0 Å². The lowest BCUT2D eigenvalue weighted by atomic mass is 10.3. The first-order chi connectivity index (χ1) is 7.67. The van der Waals surface area contributed by atoms with E-state index in [2.05, 4.69) is 4.18 Å². The molecule has 0 saturated heterocycles. The molecule has 0 aliphatic rings. The van der Waals surface area contributed by atoms with E-state index in [1.807, 2.05) is 0 Å². The molecule has 0 amide bonds. The minimum atomic E-state index is -5.69. The molecule has 9 heteroatoms. The summed E-state index contributed by atoms with van der Waals surface area (Å²) in [6.07, 6.45) is 0. The van der Waals surface area contributed by atoms with Gasteiger partial charge in [-0.15, -0.1) is 0 Å². The highest BCUT2D eigenvalue weighted by Crippen LogP contribution is 2.32. The van der Waals surface area contributed by atoms with E-state index in [0.29, 0.717) is 0 Å². The van der Waals surface area contributed by atoms with Crippen LogP contribution in [0.4, 0.5) is 13.2 Å². The molecule has 0 aliphatic carbocycles. The Morgan fingerprint density at radius 3 is 2.35 bits per heavy atom. The number of methoxy groups -OCH3 is 1. The number of rotatable bonds is 3. The van der Waals surface area contributed by atoms with Crippen LogP contribution < -0.4 is 8.92 Å². The Hall–Kier alpha value is -1.15. The molecule has 0 aromatic heterocycles. The normalized spacial score (nSPS) is 12.3. The van der Waals surface area contributed by atoms with Crippen LogP contribution >= 0.6 is 11.6 Å². The fraction of sp³-hybridized carbons (Fsp3) is 0.250. The van der Waals surface area contributed by atoms with Crippen LogP contribution in [0.5, 0.6) is 11.5 Å². The monoisotopic (exact) mass is 290 g/mol. The molecular weight excluding hydrogens is 285 g/mol. The van der Waals surface area contributed by atoms with E-state index in [1.165, 1.54) is 7.11 Å². The summed E-state index contributed by atoms with van der Waals surface area (Å²) >= 11 is 5.61. The van der Waals surface area contributed by atoms with E-state index in [1.54, 1.807) is 0 Å². The maximum atomic E-state index is 12.0. The molecule has 0 saturated carbocycles. The molecule has 17 heavy (non-hydrogen) atoms. The van der Waals surface area contributed by atoms with Gasteiger partial charge < -0.3 is 8.92 Å². The van der Waals surface area contributed by atoms with E-state index in [-0.39, 0.29) is 10.8 Å². The van der Waals surface area contributed by atoms with Crippen LogP contribution in [0.2, 0.25) is 5.02 Å². The van der Waals surface area contributed by atoms with Crippen molar-refractivity contribution in [3.05, 3.63) is 23.2 Å². The Kier molecular flexibility index (Phi) is 3.78. The zero-order valence-corrected chi connectivity index (χ0v) is 9.86. The molecule has 96 valence electrons. The molecule has 4 nitrogen and oxygen atoms in total. The van der Waals surface area contributed by atoms with Gasteiger partial charge in [-0.05, 0) is 12.1 Å². The highest BCUT2D eigenvalue weighted by atomic mass is 35.5. The molecule has 0 radical (unpaired) electrons. The number of benzene rings is 1. The van der Waals surface area contributed by atoms with Crippen molar-refractivity contribution < 1.29 is 30.5 Å². The highest BCUT2D eigenvalue weighted by molar-refractivity contribution is 7.88. The first-order valence-corrected chi connectivity index (χ1v) is 5.80. The second-order valence-electron chi connectivity index (χ2n) is 2.78. The van der Waals surface area contributed by atoms with Gasteiger partial charge in [0.05, 0.1) is 12.1 Å². The maximum absolute atomic E-state index is 12.0. The number of alkyl halides is 3. The van der Waals surface area contributed by atoms with Crippen LogP contribution in [0.15, 0.2) is 18.2 Å². The van der Waals surface area contributed by atoms with Gasteiger partial charge in [0, 0.05) is 6.07 Å². The van der Waals surface area contributed by atoms with Crippen molar-refractivity contribution in [2.24, 2.45) is 0 Å². The van der Waals surface area contributed by atoms with Crippen molar-refractivity contribution in [2.45, 2.75) is 5.51 Å². The van der Waals surface area contributed by atoms with Gasteiger partial charge in [-0.3, -0.25) is 0 Å².